The van der Waals surface area contributed by atoms with Gasteiger partial charge in [0.05, 0.1) is 37.3 Å². The molecule has 1 atom stereocenters. The lowest BCUT2D eigenvalue weighted by Gasteiger charge is -2.29. The highest BCUT2D eigenvalue weighted by atomic mass is 19.3. The number of aryl methyl sites for hydroxylation is 1. The average molecular weight is 447 g/mol. The number of halogens is 3. The summed E-state index contributed by atoms with van der Waals surface area (Å²) in [5.41, 5.74) is 0.697. The van der Waals surface area contributed by atoms with Gasteiger partial charge in [-0.3, -0.25) is 0 Å². The first-order valence-electron chi connectivity index (χ1n) is 10.3. The molecule has 0 saturated carbocycles. The smallest absolute Gasteiger partial charge is 0.266 e. The van der Waals surface area contributed by atoms with Gasteiger partial charge in [0.15, 0.2) is 5.65 Å². The van der Waals surface area contributed by atoms with Gasteiger partial charge in [-0.1, -0.05) is 18.2 Å². The zero-order chi connectivity index (χ0) is 22.8. The van der Waals surface area contributed by atoms with E-state index in [9.17, 15) is 13.2 Å². The highest BCUT2D eigenvalue weighted by Gasteiger charge is 2.23. The fourth-order valence-corrected chi connectivity index (χ4v) is 3.78. The first kappa shape index (κ1) is 22.1. The third-order valence-electron chi connectivity index (χ3n) is 5.40. The van der Waals surface area contributed by atoms with E-state index in [2.05, 4.69) is 25.2 Å². The third kappa shape index (κ3) is 4.27. The minimum atomic E-state index is -2.89. The molecule has 1 unspecified atom stereocenters. The van der Waals surface area contributed by atoms with Crippen LogP contribution in [0.4, 0.5) is 24.7 Å². The lowest BCUT2D eigenvalue weighted by molar-refractivity contribution is 0.122. The highest BCUT2D eigenvalue weighted by Crippen LogP contribution is 2.34. The van der Waals surface area contributed by atoms with E-state index in [1.807, 2.05) is 6.07 Å². The van der Waals surface area contributed by atoms with Crippen LogP contribution in [0.5, 0.6) is 5.88 Å². The zero-order valence-corrected chi connectivity index (χ0v) is 18.0. The van der Waals surface area contributed by atoms with Crippen molar-refractivity contribution in [1.29, 1.82) is 0 Å². The van der Waals surface area contributed by atoms with Crippen LogP contribution in [0.15, 0.2) is 24.3 Å². The summed E-state index contributed by atoms with van der Waals surface area (Å²) in [6.45, 7) is 5.96. The van der Waals surface area contributed by atoms with Crippen LogP contribution in [-0.4, -0.2) is 48.4 Å². The van der Waals surface area contributed by atoms with Gasteiger partial charge in [0, 0.05) is 18.7 Å². The van der Waals surface area contributed by atoms with E-state index in [0.29, 0.717) is 54.9 Å². The largest absolute Gasteiger partial charge is 0.479 e. The van der Waals surface area contributed by atoms with Crippen molar-refractivity contribution < 1.29 is 22.6 Å². The number of anilines is 2. The molecule has 10 heteroatoms. The molecular weight excluding hydrogens is 423 g/mol. The van der Waals surface area contributed by atoms with Gasteiger partial charge in [-0.25, -0.2) is 23.1 Å². The quantitative estimate of drug-likeness (QED) is 0.599. The predicted octanol–water partition coefficient (Wildman–Crippen LogP) is 4.43. The van der Waals surface area contributed by atoms with Crippen LogP contribution in [0.25, 0.3) is 11.0 Å². The third-order valence-corrected chi connectivity index (χ3v) is 5.40. The number of alkyl halides is 2. The minimum Gasteiger partial charge on any atom is -0.479 e. The van der Waals surface area contributed by atoms with Crippen molar-refractivity contribution in [3.05, 3.63) is 47.0 Å². The molecule has 1 N–H and O–H groups in total. The first-order chi connectivity index (χ1) is 15.4. The normalized spacial score (nSPS) is 15.3. The summed E-state index contributed by atoms with van der Waals surface area (Å²) in [4.78, 5) is 15.5. The summed E-state index contributed by atoms with van der Waals surface area (Å²) in [6.07, 6.45) is -2.89. The molecule has 3 aromatic rings. The molecular formula is C22H24F3N5O2. The van der Waals surface area contributed by atoms with E-state index in [1.54, 1.807) is 21.0 Å². The van der Waals surface area contributed by atoms with Gasteiger partial charge >= 0.3 is 0 Å². The summed E-state index contributed by atoms with van der Waals surface area (Å²) in [7, 11) is 1.55. The monoisotopic (exact) mass is 447 g/mol. The van der Waals surface area contributed by atoms with Gasteiger partial charge in [0.1, 0.15) is 23.1 Å². The second kappa shape index (κ2) is 9.15. The fourth-order valence-electron chi connectivity index (χ4n) is 3.78. The lowest BCUT2D eigenvalue weighted by atomic mass is 10.0. The molecule has 0 amide bonds. The molecule has 1 fully saturated rings. The number of nitrogens with zero attached hydrogens (tertiary/aromatic N) is 4. The maximum atomic E-state index is 14.7. The molecule has 0 bridgehead atoms. The number of nitrogens with one attached hydrogen (secondary N) is 1. The molecule has 2 aromatic heterocycles. The Morgan fingerprint density at radius 3 is 2.53 bits per heavy atom. The SMILES string of the molecule is COc1nc2nc(C)nc(NC(C)c3cccc(C(F)F)c3F)c2cc1N1CCOCC1. The van der Waals surface area contributed by atoms with Crippen molar-refractivity contribution in [1.82, 2.24) is 15.0 Å². The van der Waals surface area contributed by atoms with Crippen molar-refractivity contribution in [3.63, 3.8) is 0 Å². The Morgan fingerprint density at radius 1 is 1.12 bits per heavy atom. The van der Waals surface area contributed by atoms with E-state index in [4.69, 9.17) is 9.47 Å². The number of methoxy groups -OCH3 is 1. The molecule has 1 aliphatic rings. The summed E-state index contributed by atoms with van der Waals surface area (Å²) < 4.78 is 51.9. The van der Waals surface area contributed by atoms with Crippen LogP contribution >= 0.6 is 0 Å². The molecule has 0 aliphatic carbocycles. The van der Waals surface area contributed by atoms with Crippen LogP contribution in [0, 0.1) is 12.7 Å². The molecule has 170 valence electrons. The number of fused-ring (bicyclic) bond motifs is 1. The van der Waals surface area contributed by atoms with Crippen molar-refractivity contribution in [2.75, 3.05) is 43.6 Å². The Bertz CT molecular complexity index is 1120. The van der Waals surface area contributed by atoms with Crippen molar-refractivity contribution in [3.8, 4) is 5.88 Å². The summed E-state index contributed by atoms with van der Waals surface area (Å²) in [5, 5.41) is 3.78. The number of benzene rings is 1. The van der Waals surface area contributed by atoms with Crippen molar-refractivity contribution >= 4 is 22.5 Å². The number of hydrogen-bond donors (Lipinski definition) is 1. The number of morpholine rings is 1. The van der Waals surface area contributed by atoms with Crippen LogP contribution in [0.3, 0.4) is 0 Å². The maximum Gasteiger partial charge on any atom is 0.266 e. The maximum absolute atomic E-state index is 14.7. The highest BCUT2D eigenvalue weighted by molar-refractivity contribution is 5.90. The Labute approximate surface area is 183 Å². The average Bonchev–Trinajstić information content (AvgIpc) is 2.78. The molecule has 1 saturated heterocycles. The summed E-state index contributed by atoms with van der Waals surface area (Å²) in [5.74, 6) is 0.410. The first-order valence-corrected chi connectivity index (χ1v) is 10.3. The molecule has 1 aliphatic heterocycles. The summed E-state index contributed by atoms with van der Waals surface area (Å²) in [6, 6.07) is 5.25. The van der Waals surface area contributed by atoms with Gasteiger partial charge in [-0.05, 0) is 19.9 Å². The minimum absolute atomic E-state index is 0.127. The van der Waals surface area contributed by atoms with Gasteiger partial charge in [-0.2, -0.15) is 4.98 Å². The fraction of sp³-hybridized carbons (Fsp3) is 0.409. The van der Waals surface area contributed by atoms with Gasteiger partial charge in [0.2, 0.25) is 5.88 Å². The summed E-state index contributed by atoms with van der Waals surface area (Å²) >= 11 is 0. The van der Waals surface area contributed by atoms with E-state index in [-0.39, 0.29) is 5.56 Å². The Hall–Kier alpha value is -3.14. The zero-order valence-electron chi connectivity index (χ0n) is 18.0. The van der Waals surface area contributed by atoms with E-state index in [0.717, 1.165) is 11.8 Å². The Morgan fingerprint density at radius 2 is 1.84 bits per heavy atom. The molecule has 7 nitrogen and oxygen atoms in total. The molecule has 0 spiro atoms. The Balaban J connectivity index is 1.76. The Kier molecular flexibility index (Phi) is 6.31. The van der Waals surface area contributed by atoms with Gasteiger partial charge in [0.25, 0.3) is 6.43 Å². The number of pyridine rings is 1. The predicted molar refractivity (Wildman–Crippen MR) is 115 cm³/mol. The van der Waals surface area contributed by atoms with Crippen LogP contribution in [-0.2, 0) is 4.74 Å². The molecule has 0 radical (unpaired) electrons. The van der Waals surface area contributed by atoms with Gasteiger partial charge in [-0.15, -0.1) is 0 Å². The number of hydrogen-bond acceptors (Lipinski definition) is 7. The topological polar surface area (TPSA) is 72.4 Å². The number of ether oxygens (including phenoxy) is 2. The molecule has 1 aromatic carbocycles. The van der Waals surface area contributed by atoms with Crippen LogP contribution < -0.4 is 15.0 Å². The standard InChI is InChI=1S/C22H24F3N5O2/c1-12(14-5-4-6-15(18(14)23)19(24)25)26-20-16-11-17(30-7-9-32-10-8-30)22(31-3)29-21(16)28-13(2)27-20/h4-6,11-12,19H,7-10H2,1-3H3,(H,26,27,28,29). The van der Waals surface area contributed by atoms with E-state index in [1.165, 1.54) is 12.1 Å². The van der Waals surface area contributed by atoms with Crippen molar-refractivity contribution in [2.45, 2.75) is 26.3 Å². The van der Waals surface area contributed by atoms with E-state index < -0.39 is 23.8 Å². The second-order valence-corrected chi connectivity index (χ2v) is 7.52. The van der Waals surface area contributed by atoms with E-state index >= 15 is 0 Å². The molecule has 4 rings (SSSR count). The molecule has 32 heavy (non-hydrogen) atoms. The second-order valence-electron chi connectivity index (χ2n) is 7.52. The molecule has 3 heterocycles. The lowest BCUT2D eigenvalue weighted by Crippen LogP contribution is -2.36. The van der Waals surface area contributed by atoms with Crippen LogP contribution in [0.2, 0.25) is 0 Å². The van der Waals surface area contributed by atoms with Crippen LogP contribution in [0.1, 0.15) is 36.3 Å². The van der Waals surface area contributed by atoms with Gasteiger partial charge < -0.3 is 19.7 Å². The number of rotatable bonds is 6. The van der Waals surface area contributed by atoms with Crippen molar-refractivity contribution in [2.24, 2.45) is 0 Å². The number of aromatic nitrogens is 3.